The highest BCUT2D eigenvalue weighted by Crippen LogP contribution is 2.19. The van der Waals surface area contributed by atoms with E-state index in [1.165, 1.54) is 0 Å². The van der Waals surface area contributed by atoms with E-state index in [9.17, 15) is 14.4 Å². The van der Waals surface area contributed by atoms with E-state index in [0.29, 0.717) is 43.1 Å². The van der Waals surface area contributed by atoms with Crippen molar-refractivity contribution in [3.05, 3.63) is 65.2 Å². The zero-order valence-corrected chi connectivity index (χ0v) is 17.5. The Morgan fingerprint density at radius 3 is 2.30 bits per heavy atom. The van der Waals surface area contributed by atoms with Crippen LogP contribution in [0.25, 0.3) is 0 Å². The number of nitrogens with one attached hydrogen (secondary N) is 2. The number of hydrogen-bond donors (Lipinski definition) is 2. The van der Waals surface area contributed by atoms with E-state index in [4.69, 9.17) is 11.6 Å². The van der Waals surface area contributed by atoms with Gasteiger partial charge in [-0.3, -0.25) is 14.4 Å². The molecule has 1 aliphatic rings. The fraction of sp³-hybridized carbons (Fsp3) is 0.348. The molecule has 3 amide bonds. The molecule has 1 saturated heterocycles. The summed E-state index contributed by atoms with van der Waals surface area (Å²) in [7, 11) is 0. The summed E-state index contributed by atoms with van der Waals surface area (Å²) in [5.74, 6) is -0.483. The van der Waals surface area contributed by atoms with Crippen LogP contribution in [-0.4, -0.2) is 42.3 Å². The van der Waals surface area contributed by atoms with E-state index >= 15 is 0 Å². The van der Waals surface area contributed by atoms with E-state index < -0.39 is 0 Å². The number of likely N-dealkylation sites (tertiary alicyclic amines) is 1. The largest absolute Gasteiger partial charge is 0.347 e. The van der Waals surface area contributed by atoms with Gasteiger partial charge in [-0.25, -0.2) is 0 Å². The Morgan fingerprint density at radius 2 is 1.63 bits per heavy atom. The fourth-order valence-corrected chi connectivity index (χ4v) is 3.62. The molecule has 0 atom stereocenters. The molecule has 6 nitrogen and oxygen atoms in total. The summed E-state index contributed by atoms with van der Waals surface area (Å²) >= 11 is 5.82. The summed E-state index contributed by atoms with van der Waals surface area (Å²) in [4.78, 5) is 38.6. The zero-order chi connectivity index (χ0) is 21.3. The summed E-state index contributed by atoms with van der Waals surface area (Å²) in [6, 6.07) is 16.7. The van der Waals surface area contributed by atoms with Crippen LogP contribution >= 0.6 is 11.6 Å². The second-order valence-electron chi connectivity index (χ2n) is 7.41. The molecule has 0 radical (unpaired) electrons. The second kappa shape index (κ2) is 10.8. The van der Waals surface area contributed by atoms with Crippen molar-refractivity contribution in [2.45, 2.75) is 25.7 Å². The summed E-state index contributed by atoms with van der Waals surface area (Å²) < 4.78 is 0. The number of nitrogens with zero attached hydrogens (tertiary/aromatic N) is 1. The number of rotatable bonds is 7. The van der Waals surface area contributed by atoms with E-state index in [0.717, 1.165) is 12.0 Å². The molecule has 0 saturated carbocycles. The van der Waals surface area contributed by atoms with Crippen molar-refractivity contribution in [2.24, 2.45) is 5.92 Å². The average molecular weight is 428 g/mol. The first kappa shape index (κ1) is 21.8. The number of anilines is 1. The first-order valence-electron chi connectivity index (χ1n) is 10.2. The van der Waals surface area contributed by atoms with E-state index in [-0.39, 0.29) is 30.2 Å². The van der Waals surface area contributed by atoms with Gasteiger partial charge in [0.05, 0.1) is 6.54 Å². The number of carbonyl (C=O) groups excluding carboxylic acids is 3. The number of piperidine rings is 1. The summed E-state index contributed by atoms with van der Waals surface area (Å²) in [6.45, 7) is 1.06. The van der Waals surface area contributed by atoms with Crippen LogP contribution in [0.4, 0.5) is 5.69 Å². The lowest BCUT2D eigenvalue weighted by molar-refractivity contribution is -0.135. The van der Waals surface area contributed by atoms with Crippen LogP contribution in [0.15, 0.2) is 54.6 Å². The molecular weight excluding hydrogens is 402 g/mol. The molecule has 0 bridgehead atoms. The molecule has 2 N–H and O–H groups in total. The highest BCUT2D eigenvalue weighted by molar-refractivity contribution is 6.30. The third-order valence-electron chi connectivity index (χ3n) is 5.24. The van der Waals surface area contributed by atoms with Gasteiger partial charge in [0.1, 0.15) is 0 Å². The Balaban J connectivity index is 1.35. The molecule has 1 heterocycles. The van der Waals surface area contributed by atoms with Crippen LogP contribution in [0.3, 0.4) is 0 Å². The smallest absolute Gasteiger partial charge is 0.243 e. The monoisotopic (exact) mass is 427 g/mol. The van der Waals surface area contributed by atoms with Crippen LogP contribution < -0.4 is 10.6 Å². The van der Waals surface area contributed by atoms with Crippen LogP contribution in [0.2, 0.25) is 5.02 Å². The molecular formula is C23H26ClN3O3. The van der Waals surface area contributed by atoms with Crippen LogP contribution in [0.5, 0.6) is 0 Å². The van der Waals surface area contributed by atoms with Gasteiger partial charge in [0.15, 0.2) is 0 Å². The Morgan fingerprint density at radius 1 is 0.967 bits per heavy atom. The molecule has 3 rings (SSSR count). The molecule has 1 aliphatic heterocycles. The number of carbonyl (C=O) groups is 3. The number of benzene rings is 2. The maximum atomic E-state index is 12.4. The molecule has 0 spiro atoms. The lowest BCUT2D eigenvalue weighted by atomic mass is 9.95. The van der Waals surface area contributed by atoms with Crippen LogP contribution in [-0.2, 0) is 20.8 Å². The first-order chi connectivity index (χ1) is 14.5. The van der Waals surface area contributed by atoms with Gasteiger partial charge in [-0.2, -0.15) is 0 Å². The minimum atomic E-state index is -0.292. The number of halogens is 1. The van der Waals surface area contributed by atoms with Gasteiger partial charge in [0.25, 0.3) is 0 Å². The van der Waals surface area contributed by atoms with Gasteiger partial charge in [0.2, 0.25) is 17.7 Å². The zero-order valence-electron chi connectivity index (χ0n) is 16.8. The Labute approximate surface area is 181 Å². The molecule has 30 heavy (non-hydrogen) atoms. The predicted molar refractivity (Wildman–Crippen MR) is 117 cm³/mol. The SMILES string of the molecule is O=C(CNC(=O)C1CCN(C(=O)CCc2ccccc2)CC1)Nc1ccc(Cl)cc1. The Hall–Kier alpha value is -2.86. The molecule has 0 aromatic heterocycles. The fourth-order valence-electron chi connectivity index (χ4n) is 3.50. The van der Waals surface area contributed by atoms with Crippen molar-refractivity contribution in [1.82, 2.24) is 10.2 Å². The van der Waals surface area contributed by atoms with Crippen molar-refractivity contribution < 1.29 is 14.4 Å². The standard InChI is InChI=1S/C23H26ClN3O3/c24-19-7-9-20(10-8-19)26-21(28)16-25-23(30)18-12-14-27(15-13-18)22(29)11-6-17-4-2-1-3-5-17/h1-5,7-10,18H,6,11-16H2,(H,25,30)(H,26,28). The molecule has 2 aromatic carbocycles. The third kappa shape index (κ3) is 6.59. The van der Waals surface area contributed by atoms with Crippen molar-refractivity contribution in [2.75, 3.05) is 25.0 Å². The van der Waals surface area contributed by atoms with Crippen molar-refractivity contribution >= 4 is 35.0 Å². The minimum absolute atomic E-state index is 0.0856. The summed E-state index contributed by atoms with van der Waals surface area (Å²) in [6.07, 6.45) is 2.43. The maximum absolute atomic E-state index is 12.4. The van der Waals surface area contributed by atoms with Gasteiger partial charge in [0, 0.05) is 36.1 Å². The topological polar surface area (TPSA) is 78.5 Å². The summed E-state index contributed by atoms with van der Waals surface area (Å²) in [5.41, 5.74) is 1.78. The van der Waals surface area contributed by atoms with Gasteiger partial charge in [-0.15, -0.1) is 0 Å². The van der Waals surface area contributed by atoms with Crippen molar-refractivity contribution in [3.63, 3.8) is 0 Å². The Kier molecular flexibility index (Phi) is 7.85. The number of aryl methyl sites for hydroxylation is 1. The predicted octanol–water partition coefficient (Wildman–Crippen LogP) is 3.27. The quantitative estimate of drug-likeness (QED) is 0.711. The average Bonchev–Trinajstić information content (AvgIpc) is 2.78. The van der Waals surface area contributed by atoms with E-state index in [1.54, 1.807) is 24.3 Å². The Bertz CT molecular complexity index is 863. The lowest BCUT2D eigenvalue weighted by Crippen LogP contribution is -2.44. The first-order valence-corrected chi connectivity index (χ1v) is 10.5. The number of hydrogen-bond acceptors (Lipinski definition) is 3. The molecule has 2 aromatic rings. The highest BCUT2D eigenvalue weighted by Gasteiger charge is 2.27. The van der Waals surface area contributed by atoms with Gasteiger partial charge in [-0.1, -0.05) is 41.9 Å². The second-order valence-corrected chi connectivity index (χ2v) is 7.85. The molecule has 7 heteroatoms. The third-order valence-corrected chi connectivity index (χ3v) is 5.49. The van der Waals surface area contributed by atoms with Crippen LogP contribution in [0, 0.1) is 5.92 Å². The minimum Gasteiger partial charge on any atom is -0.347 e. The maximum Gasteiger partial charge on any atom is 0.243 e. The van der Waals surface area contributed by atoms with Gasteiger partial charge in [-0.05, 0) is 49.1 Å². The van der Waals surface area contributed by atoms with Gasteiger partial charge >= 0.3 is 0 Å². The van der Waals surface area contributed by atoms with E-state index in [1.807, 2.05) is 35.2 Å². The highest BCUT2D eigenvalue weighted by atomic mass is 35.5. The van der Waals surface area contributed by atoms with Gasteiger partial charge < -0.3 is 15.5 Å². The summed E-state index contributed by atoms with van der Waals surface area (Å²) in [5, 5.41) is 5.99. The molecule has 1 fully saturated rings. The van der Waals surface area contributed by atoms with E-state index in [2.05, 4.69) is 10.6 Å². The van der Waals surface area contributed by atoms with Crippen LogP contribution in [0.1, 0.15) is 24.8 Å². The molecule has 158 valence electrons. The molecule has 0 unspecified atom stereocenters. The van der Waals surface area contributed by atoms with Crippen molar-refractivity contribution in [3.8, 4) is 0 Å². The lowest BCUT2D eigenvalue weighted by Gasteiger charge is -2.31. The molecule has 0 aliphatic carbocycles. The number of amides is 3. The van der Waals surface area contributed by atoms with Crippen molar-refractivity contribution in [1.29, 1.82) is 0 Å². The normalized spacial score (nSPS) is 14.2.